The number of ether oxygens (including phenoxy) is 3. The standard InChI is InChI=1S/C24H24N2O7/c1-31-19-11-6-15(12-20(19)32-2)22(28)25(16-9-10-16)18-13-21(27)26(23(18)29)17-7-4-14(5-8-17)24(30)33-3/h4-8,11-12,16,18H,9-10,13H2,1-3H3. The van der Waals surface area contributed by atoms with Crippen molar-refractivity contribution in [3.8, 4) is 11.5 Å². The lowest BCUT2D eigenvalue weighted by atomic mass is 10.1. The van der Waals surface area contributed by atoms with Crippen LogP contribution in [0.5, 0.6) is 11.5 Å². The first-order chi connectivity index (χ1) is 15.9. The van der Waals surface area contributed by atoms with E-state index in [2.05, 4.69) is 4.74 Å². The van der Waals surface area contributed by atoms with Crippen LogP contribution in [-0.4, -0.2) is 62.0 Å². The summed E-state index contributed by atoms with van der Waals surface area (Å²) in [4.78, 5) is 53.8. The molecule has 3 amide bonds. The summed E-state index contributed by atoms with van der Waals surface area (Å²) < 4.78 is 15.2. The van der Waals surface area contributed by atoms with Crippen LogP contribution in [0.4, 0.5) is 5.69 Å². The van der Waals surface area contributed by atoms with E-state index in [9.17, 15) is 19.2 Å². The van der Waals surface area contributed by atoms with Gasteiger partial charge in [-0.25, -0.2) is 9.69 Å². The zero-order valence-corrected chi connectivity index (χ0v) is 18.6. The molecule has 1 aliphatic heterocycles. The second-order valence-electron chi connectivity index (χ2n) is 7.84. The van der Waals surface area contributed by atoms with Crippen molar-refractivity contribution >= 4 is 29.4 Å². The van der Waals surface area contributed by atoms with Crippen LogP contribution in [-0.2, 0) is 14.3 Å². The summed E-state index contributed by atoms with van der Waals surface area (Å²) in [7, 11) is 4.26. The van der Waals surface area contributed by atoms with Crippen molar-refractivity contribution in [2.24, 2.45) is 0 Å². The predicted octanol–water partition coefficient (Wildman–Crippen LogP) is 2.43. The number of hydrogen-bond acceptors (Lipinski definition) is 7. The average molecular weight is 452 g/mol. The molecule has 0 radical (unpaired) electrons. The number of esters is 1. The van der Waals surface area contributed by atoms with Crippen molar-refractivity contribution in [2.45, 2.75) is 31.3 Å². The van der Waals surface area contributed by atoms with E-state index < -0.39 is 23.8 Å². The molecule has 0 N–H and O–H groups in total. The Labute approximate surface area is 190 Å². The normalized spacial score (nSPS) is 17.7. The van der Waals surface area contributed by atoms with Crippen molar-refractivity contribution < 1.29 is 33.4 Å². The van der Waals surface area contributed by atoms with Crippen LogP contribution in [0.1, 0.15) is 40.0 Å². The van der Waals surface area contributed by atoms with Gasteiger partial charge in [-0.05, 0) is 55.3 Å². The summed E-state index contributed by atoms with van der Waals surface area (Å²) in [6.45, 7) is 0. The first-order valence-corrected chi connectivity index (χ1v) is 10.5. The van der Waals surface area contributed by atoms with Crippen LogP contribution in [0.3, 0.4) is 0 Å². The van der Waals surface area contributed by atoms with Gasteiger partial charge in [0.25, 0.3) is 11.8 Å². The van der Waals surface area contributed by atoms with Gasteiger partial charge in [0, 0.05) is 11.6 Å². The van der Waals surface area contributed by atoms with Gasteiger partial charge in [0.15, 0.2) is 11.5 Å². The van der Waals surface area contributed by atoms with Crippen LogP contribution in [0.15, 0.2) is 42.5 Å². The van der Waals surface area contributed by atoms with Gasteiger partial charge in [0.05, 0.1) is 39.0 Å². The number of amides is 3. The van der Waals surface area contributed by atoms with E-state index in [0.717, 1.165) is 17.7 Å². The number of benzene rings is 2. The highest BCUT2D eigenvalue weighted by molar-refractivity contribution is 6.23. The Morgan fingerprint density at radius 1 is 0.909 bits per heavy atom. The van der Waals surface area contributed by atoms with Crippen LogP contribution in [0, 0.1) is 0 Å². The van der Waals surface area contributed by atoms with Gasteiger partial charge in [-0.1, -0.05) is 0 Å². The smallest absolute Gasteiger partial charge is 0.337 e. The number of methoxy groups -OCH3 is 3. The third kappa shape index (κ3) is 4.13. The highest BCUT2D eigenvalue weighted by Crippen LogP contribution is 2.36. The van der Waals surface area contributed by atoms with Crippen LogP contribution in [0.25, 0.3) is 0 Å². The molecule has 0 bridgehead atoms. The summed E-state index contributed by atoms with van der Waals surface area (Å²) >= 11 is 0. The summed E-state index contributed by atoms with van der Waals surface area (Å²) in [6.07, 6.45) is 1.43. The lowest BCUT2D eigenvalue weighted by Gasteiger charge is -2.28. The monoisotopic (exact) mass is 452 g/mol. The summed E-state index contributed by atoms with van der Waals surface area (Å²) in [6, 6.07) is 9.83. The molecule has 1 atom stereocenters. The summed E-state index contributed by atoms with van der Waals surface area (Å²) in [5, 5.41) is 0. The molecule has 2 fully saturated rings. The van der Waals surface area contributed by atoms with E-state index in [1.807, 2.05) is 0 Å². The molecule has 1 heterocycles. The van der Waals surface area contributed by atoms with E-state index in [1.165, 1.54) is 50.5 Å². The highest BCUT2D eigenvalue weighted by Gasteiger charge is 2.49. The van der Waals surface area contributed by atoms with Crippen LogP contribution in [0.2, 0.25) is 0 Å². The number of rotatable bonds is 7. The van der Waals surface area contributed by atoms with Gasteiger partial charge in [-0.2, -0.15) is 0 Å². The number of anilines is 1. The minimum absolute atomic E-state index is 0.103. The van der Waals surface area contributed by atoms with Gasteiger partial charge in [-0.15, -0.1) is 0 Å². The molecule has 1 saturated carbocycles. The van der Waals surface area contributed by atoms with Crippen molar-refractivity contribution in [1.82, 2.24) is 4.90 Å². The third-order valence-corrected chi connectivity index (χ3v) is 5.81. The Bertz CT molecular complexity index is 1110. The molecule has 1 unspecified atom stereocenters. The molecule has 0 aromatic heterocycles. The predicted molar refractivity (Wildman–Crippen MR) is 117 cm³/mol. The fourth-order valence-electron chi connectivity index (χ4n) is 4.00. The van der Waals surface area contributed by atoms with E-state index in [4.69, 9.17) is 9.47 Å². The first kappa shape index (κ1) is 22.3. The third-order valence-electron chi connectivity index (χ3n) is 5.81. The number of imide groups is 1. The summed E-state index contributed by atoms with van der Waals surface area (Å²) in [5.74, 6) is -0.833. The molecule has 2 aromatic carbocycles. The quantitative estimate of drug-likeness (QED) is 0.470. The van der Waals surface area contributed by atoms with Gasteiger partial charge < -0.3 is 19.1 Å². The van der Waals surface area contributed by atoms with Crippen molar-refractivity contribution in [1.29, 1.82) is 0 Å². The molecular weight excluding hydrogens is 428 g/mol. The Hall–Kier alpha value is -3.88. The topological polar surface area (TPSA) is 102 Å². The molecule has 172 valence electrons. The largest absolute Gasteiger partial charge is 0.493 e. The highest BCUT2D eigenvalue weighted by atomic mass is 16.5. The molecule has 0 spiro atoms. The first-order valence-electron chi connectivity index (χ1n) is 10.5. The fraction of sp³-hybridized carbons (Fsp3) is 0.333. The molecule has 1 saturated heterocycles. The molecule has 9 heteroatoms. The zero-order chi connectivity index (χ0) is 23.7. The number of carbonyl (C=O) groups excluding carboxylic acids is 4. The molecule has 33 heavy (non-hydrogen) atoms. The maximum atomic E-state index is 13.4. The number of nitrogens with zero attached hydrogens (tertiary/aromatic N) is 2. The van der Waals surface area contributed by atoms with E-state index >= 15 is 0 Å². The Balaban J connectivity index is 1.60. The minimum Gasteiger partial charge on any atom is -0.493 e. The van der Waals surface area contributed by atoms with Crippen molar-refractivity contribution in [3.63, 3.8) is 0 Å². The molecule has 1 aliphatic carbocycles. The fourth-order valence-corrected chi connectivity index (χ4v) is 4.00. The van der Waals surface area contributed by atoms with Crippen molar-refractivity contribution in [2.75, 3.05) is 26.2 Å². The number of carbonyl (C=O) groups is 4. The lowest BCUT2D eigenvalue weighted by molar-refractivity contribution is -0.122. The van der Waals surface area contributed by atoms with E-state index in [0.29, 0.717) is 28.3 Å². The zero-order valence-electron chi connectivity index (χ0n) is 18.6. The Morgan fingerprint density at radius 3 is 2.12 bits per heavy atom. The maximum Gasteiger partial charge on any atom is 0.337 e. The van der Waals surface area contributed by atoms with Gasteiger partial charge in [0.1, 0.15) is 6.04 Å². The van der Waals surface area contributed by atoms with Crippen LogP contribution >= 0.6 is 0 Å². The summed E-state index contributed by atoms with van der Waals surface area (Å²) in [5.41, 5.74) is 0.996. The molecule has 9 nitrogen and oxygen atoms in total. The van der Waals surface area contributed by atoms with Gasteiger partial charge >= 0.3 is 5.97 Å². The van der Waals surface area contributed by atoms with E-state index in [1.54, 1.807) is 18.2 Å². The second-order valence-corrected chi connectivity index (χ2v) is 7.84. The van der Waals surface area contributed by atoms with Gasteiger partial charge in [-0.3, -0.25) is 14.4 Å². The lowest BCUT2D eigenvalue weighted by Crippen LogP contribution is -2.46. The second kappa shape index (κ2) is 8.93. The minimum atomic E-state index is -0.897. The average Bonchev–Trinajstić information content (AvgIpc) is 3.63. The molecule has 2 aliphatic rings. The van der Waals surface area contributed by atoms with Crippen molar-refractivity contribution in [3.05, 3.63) is 53.6 Å². The molecule has 2 aromatic rings. The van der Waals surface area contributed by atoms with Crippen LogP contribution < -0.4 is 14.4 Å². The Kier molecular flexibility index (Phi) is 6.04. The Morgan fingerprint density at radius 2 is 1.55 bits per heavy atom. The van der Waals surface area contributed by atoms with Gasteiger partial charge in [0.2, 0.25) is 5.91 Å². The van der Waals surface area contributed by atoms with E-state index in [-0.39, 0.29) is 18.4 Å². The molecular formula is C24H24N2O7. The molecule has 4 rings (SSSR count). The maximum absolute atomic E-state index is 13.4. The number of hydrogen-bond donors (Lipinski definition) is 0. The SMILES string of the molecule is COC(=O)c1ccc(N2C(=O)CC(N(C(=O)c3ccc(OC)c(OC)c3)C3CC3)C2=O)cc1.